The van der Waals surface area contributed by atoms with Gasteiger partial charge in [-0.1, -0.05) is 48.5 Å². The Morgan fingerprint density at radius 1 is 1.15 bits per heavy atom. The highest BCUT2D eigenvalue weighted by atomic mass is 35.5. The van der Waals surface area contributed by atoms with Crippen LogP contribution in [0, 0.1) is 0 Å². The Hall–Kier alpha value is -1.80. The van der Waals surface area contributed by atoms with Gasteiger partial charge >= 0.3 is 0 Å². The highest BCUT2D eigenvalue weighted by Crippen LogP contribution is 2.35. The number of amides is 1. The van der Waals surface area contributed by atoms with Crippen molar-refractivity contribution in [2.75, 3.05) is 4.90 Å². The summed E-state index contributed by atoms with van der Waals surface area (Å²) in [4.78, 5) is 14.5. The Bertz CT molecular complexity index is 626. The normalized spacial score (nSPS) is 18.7. The molecule has 1 aliphatic heterocycles. The van der Waals surface area contributed by atoms with Crippen LogP contribution in [0.15, 0.2) is 54.6 Å². The predicted octanol–water partition coefficient (Wildman–Crippen LogP) is 3.94. The quantitative estimate of drug-likeness (QED) is 0.765. The summed E-state index contributed by atoms with van der Waals surface area (Å²) in [6.45, 7) is 2.06. The van der Waals surface area contributed by atoms with E-state index in [9.17, 15) is 4.79 Å². The minimum atomic E-state index is -0.634. The van der Waals surface area contributed by atoms with Crippen LogP contribution < -0.4 is 4.90 Å². The number of carbonyl (C=O) groups is 1. The molecule has 2 aromatic rings. The summed E-state index contributed by atoms with van der Waals surface area (Å²) in [7, 11) is 0. The highest BCUT2D eigenvalue weighted by molar-refractivity contribution is 6.33. The van der Waals surface area contributed by atoms with Gasteiger partial charge < -0.3 is 4.90 Å². The molecule has 1 aliphatic rings. The van der Waals surface area contributed by atoms with E-state index in [-0.39, 0.29) is 11.9 Å². The fourth-order valence-corrected chi connectivity index (χ4v) is 3.04. The Labute approximate surface area is 124 Å². The molecule has 0 saturated carbocycles. The van der Waals surface area contributed by atoms with Crippen LogP contribution in [0.5, 0.6) is 0 Å². The molecule has 102 valence electrons. The second-order valence-electron chi connectivity index (χ2n) is 5.16. The fraction of sp³-hybridized carbons (Fsp3) is 0.235. The number of para-hydroxylation sites is 1. The summed E-state index contributed by atoms with van der Waals surface area (Å²) in [6, 6.07) is 17.7. The van der Waals surface area contributed by atoms with Gasteiger partial charge in [-0.15, -0.1) is 11.6 Å². The Kier molecular flexibility index (Phi) is 3.49. The van der Waals surface area contributed by atoms with Gasteiger partial charge in [0.05, 0.1) is 0 Å². The molecule has 2 unspecified atom stereocenters. The summed E-state index contributed by atoms with van der Waals surface area (Å²) in [5, 5.41) is -0.634. The van der Waals surface area contributed by atoms with E-state index in [2.05, 4.69) is 13.0 Å². The van der Waals surface area contributed by atoms with Crippen LogP contribution in [-0.2, 0) is 11.2 Å². The molecule has 3 heteroatoms. The molecule has 0 aromatic heterocycles. The van der Waals surface area contributed by atoms with Gasteiger partial charge in [0.15, 0.2) is 0 Å². The third kappa shape index (κ3) is 2.20. The van der Waals surface area contributed by atoms with Gasteiger partial charge in [0, 0.05) is 11.7 Å². The highest BCUT2D eigenvalue weighted by Gasteiger charge is 2.34. The minimum Gasteiger partial charge on any atom is -0.307 e. The zero-order valence-electron chi connectivity index (χ0n) is 11.3. The van der Waals surface area contributed by atoms with Gasteiger partial charge in [0.2, 0.25) is 5.91 Å². The summed E-state index contributed by atoms with van der Waals surface area (Å²) in [5.41, 5.74) is 3.05. The lowest BCUT2D eigenvalue weighted by Gasteiger charge is -2.25. The molecule has 1 amide bonds. The molecule has 20 heavy (non-hydrogen) atoms. The maximum absolute atomic E-state index is 12.7. The second kappa shape index (κ2) is 5.29. The van der Waals surface area contributed by atoms with E-state index >= 15 is 0 Å². The van der Waals surface area contributed by atoms with Crippen molar-refractivity contribution in [3.05, 3.63) is 65.7 Å². The second-order valence-corrected chi connectivity index (χ2v) is 5.60. The van der Waals surface area contributed by atoms with Gasteiger partial charge in [-0.25, -0.2) is 0 Å². The number of anilines is 1. The third-order valence-corrected chi connectivity index (χ3v) is 4.19. The van der Waals surface area contributed by atoms with Crippen molar-refractivity contribution in [1.82, 2.24) is 0 Å². The average molecular weight is 286 g/mol. The van der Waals surface area contributed by atoms with Crippen LogP contribution >= 0.6 is 11.6 Å². The number of rotatable bonds is 2. The number of nitrogens with zero attached hydrogens (tertiary/aromatic N) is 1. The summed E-state index contributed by atoms with van der Waals surface area (Å²) < 4.78 is 0. The average Bonchev–Trinajstić information content (AvgIpc) is 2.82. The molecule has 0 spiro atoms. The van der Waals surface area contributed by atoms with Crippen LogP contribution in [0.3, 0.4) is 0 Å². The summed E-state index contributed by atoms with van der Waals surface area (Å²) in [5.74, 6) is -0.0460. The summed E-state index contributed by atoms with van der Waals surface area (Å²) >= 11 is 6.38. The lowest BCUT2D eigenvalue weighted by atomic mass is 10.1. The largest absolute Gasteiger partial charge is 0.307 e. The lowest BCUT2D eigenvalue weighted by molar-refractivity contribution is -0.118. The van der Waals surface area contributed by atoms with Crippen molar-refractivity contribution >= 4 is 23.2 Å². The van der Waals surface area contributed by atoms with E-state index in [1.165, 1.54) is 5.56 Å². The topological polar surface area (TPSA) is 20.3 Å². The molecule has 2 aromatic carbocycles. The van der Waals surface area contributed by atoms with E-state index in [0.29, 0.717) is 0 Å². The molecule has 0 N–H and O–H groups in total. The van der Waals surface area contributed by atoms with Gasteiger partial charge in [-0.3, -0.25) is 4.79 Å². The number of halogens is 1. The van der Waals surface area contributed by atoms with Crippen molar-refractivity contribution in [3.8, 4) is 0 Å². The van der Waals surface area contributed by atoms with E-state index < -0.39 is 5.38 Å². The number of fused-ring (bicyclic) bond motifs is 1. The molecule has 0 bridgehead atoms. The first-order chi connectivity index (χ1) is 9.68. The van der Waals surface area contributed by atoms with Crippen LogP contribution in [0.25, 0.3) is 0 Å². The number of hydrogen-bond acceptors (Lipinski definition) is 1. The van der Waals surface area contributed by atoms with Crippen molar-refractivity contribution in [3.63, 3.8) is 0 Å². The first-order valence-electron chi connectivity index (χ1n) is 6.78. The molecular formula is C17H16ClNO. The Balaban J connectivity index is 1.91. The van der Waals surface area contributed by atoms with E-state index in [4.69, 9.17) is 11.6 Å². The molecule has 0 aliphatic carbocycles. The maximum atomic E-state index is 12.7. The number of carbonyl (C=O) groups excluding carboxylic acids is 1. The van der Waals surface area contributed by atoms with E-state index in [0.717, 1.165) is 17.7 Å². The first-order valence-corrected chi connectivity index (χ1v) is 7.22. The van der Waals surface area contributed by atoms with Gasteiger partial charge in [-0.2, -0.15) is 0 Å². The van der Waals surface area contributed by atoms with E-state index in [1.54, 1.807) is 0 Å². The fourth-order valence-electron chi connectivity index (χ4n) is 2.79. The van der Waals surface area contributed by atoms with Crippen LogP contribution in [0.2, 0.25) is 0 Å². The smallest absolute Gasteiger partial charge is 0.249 e. The van der Waals surface area contributed by atoms with Crippen LogP contribution in [-0.4, -0.2) is 11.9 Å². The summed E-state index contributed by atoms with van der Waals surface area (Å²) in [6.07, 6.45) is 0.889. The predicted molar refractivity (Wildman–Crippen MR) is 82.1 cm³/mol. The third-order valence-electron chi connectivity index (χ3n) is 3.75. The zero-order chi connectivity index (χ0) is 14.1. The number of hydrogen-bond donors (Lipinski definition) is 0. The van der Waals surface area contributed by atoms with Crippen molar-refractivity contribution in [2.45, 2.75) is 24.8 Å². The lowest BCUT2D eigenvalue weighted by Crippen LogP contribution is -2.37. The molecule has 1 heterocycles. The zero-order valence-corrected chi connectivity index (χ0v) is 12.0. The van der Waals surface area contributed by atoms with Crippen molar-refractivity contribution in [2.24, 2.45) is 0 Å². The van der Waals surface area contributed by atoms with Crippen LogP contribution in [0.1, 0.15) is 23.4 Å². The van der Waals surface area contributed by atoms with E-state index in [1.807, 2.05) is 53.4 Å². The Morgan fingerprint density at radius 2 is 1.80 bits per heavy atom. The van der Waals surface area contributed by atoms with Crippen LogP contribution in [0.4, 0.5) is 5.69 Å². The van der Waals surface area contributed by atoms with Gasteiger partial charge in [-0.05, 0) is 30.5 Å². The standard InChI is InChI=1S/C17H16ClNO/c1-12-11-14-9-5-6-10-15(14)19(12)17(20)16(18)13-7-3-2-4-8-13/h2-10,12,16H,11H2,1H3. The molecule has 2 atom stereocenters. The first kappa shape index (κ1) is 13.2. The maximum Gasteiger partial charge on any atom is 0.249 e. The number of alkyl halides is 1. The number of benzene rings is 2. The molecule has 3 rings (SSSR count). The molecule has 0 fully saturated rings. The molecule has 0 radical (unpaired) electrons. The molecule has 2 nitrogen and oxygen atoms in total. The van der Waals surface area contributed by atoms with Crippen molar-refractivity contribution < 1.29 is 4.79 Å². The monoisotopic (exact) mass is 285 g/mol. The SMILES string of the molecule is CC1Cc2ccccc2N1C(=O)C(Cl)c1ccccc1. The molecular weight excluding hydrogens is 270 g/mol. The van der Waals surface area contributed by atoms with Crippen molar-refractivity contribution in [1.29, 1.82) is 0 Å². The van der Waals surface area contributed by atoms with Gasteiger partial charge in [0.1, 0.15) is 5.38 Å². The minimum absolute atomic E-state index is 0.0460. The Morgan fingerprint density at radius 3 is 2.55 bits per heavy atom. The molecule has 0 saturated heterocycles. The van der Waals surface area contributed by atoms with Gasteiger partial charge in [0.25, 0.3) is 0 Å².